The first kappa shape index (κ1) is 41.2. The molecule has 2 heterocycles. The smallest absolute Gasteiger partial charge is 0.422 e. The molecule has 4 fully saturated rings. The van der Waals surface area contributed by atoms with Crippen molar-refractivity contribution >= 4 is 56.9 Å². The van der Waals surface area contributed by atoms with E-state index < -0.39 is 68.9 Å². The van der Waals surface area contributed by atoms with Crippen molar-refractivity contribution in [3.8, 4) is 6.01 Å². The van der Waals surface area contributed by atoms with E-state index in [0.717, 1.165) is 24.8 Å². The van der Waals surface area contributed by atoms with Crippen LogP contribution in [0.1, 0.15) is 73.0 Å². The van der Waals surface area contributed by atoms with E-state index >= 15 is 0 Å². The van der Waals surface area contributed by atoms with E-state index in [9.17, 15) is 36.0 Å². The largest absolute Gasteiger partial charge is 0.454 e. The summed E-state index contributed by atoms with van der Waals surface area (Å²) in [6.45, 7) is -1.63. The number of carbonyl (C=O) groups excluding carboxylic acids is 3. The quantitative estimate of drug-likeness (QED) is 0.0981. The summed E-state index contributed by atoms with van der Waals surface area (Å²) in [5.41, 5.74) is -0.104. The molecule has 4 aliphatic rings. The minimum absolute atomic E-state index is 0.0285. The molecule has 3 atom stereocenters. The van der Waals surface area contributed by atoms with Crippen LogP contribution in [0.3, 0.4) is 0 Å². The molecule has 5 N–H and O–H groups in total. The topological polar surface area (TPSA) is 211 Å². The van der Waals surface area contributed by atoms with Crippen LogP contribution < -0.4 is 30.7 Å². The van der Waals surface area contributed by atoms with Crippen molar-refractivity contribution in [3.05, 3.63) is 82.9 Å². The molecule has 4 saturated carbocycles. The molecule has 0 bridgehead atoms. The summed E-state index contributed by atoms with van der Waals surface area (Å²) < 4.78 is 73.8. The first-order valence-electron chi connectivity index (χ1n) is 19.5. The maximum absolute atomic E-state index is 14.0. The molecular weight excluding hydrogens is 829 g/mol. The standard InChI is InChI=1S/C39H42ClF3N10O6S/c1-53-19-27(44-21-53)17-30(32(55)50-38(18-29(38)22-5-6-22)33(56)52-60(57,58)28-3-2-4-28)46-31(54)23-7-13-26(14-8-23)45-34-47-35(49-36(48-34)59-20-39(41,42)43)51-37(15-16-37)24-9-11-25(40)12-10-24/h7-14,19,21-22,28-30H,2-6,15-18,20H2,1H3,(H,46,54)(H,50,55)(H,52,56)(H2,45,47,48,49,51)/t29-,30-,38+/m0/s1. The Morgan fingerprint density at radius 1 is 0.983 bits per heavy atom. The molecule has 318 valence electrons. The minimum atomic E-state index is -4.65. The van der Waals surface area contributed by atoms with Gasteiger partial charge in [-0.1, -0.05) is 30.2 Å². The van der Waals surface area contributed by atoms with E-state index in [1.807, 2.05) is 12.1 Å². The van der Waals surface area contributed by atoms with E-state index in [0.29, 0.717) is 42.1 Å². The second-order valence-corrected chi connectivity index (χ2v) is 18.4. The Morgan fingerprint density at radius 2 is 1.68 bits per heavy atom. The molecule has 4 aromatic rings. The van der Waals surface area contributed by atoms with Crippen LogP contribution in [0, 0.1) is 11.8 Å². The summed E-state index contributed by atoms with van der Waals surface area (Å²) >= 11 is 6.06. The van der Waals surface area contributed by atoms with Crippen molar-refractivity contribution in [2.45, 2.75) is 86.3 Å². The van der Waals surface area contributed by atoms with E-state index in [1.165, 1.54) is 24.3 Å². The van der Waals surface area contributed by atoms with Crippen molar-refractivity contribution in [2.24, 2.45) is 18.9 Å². The maximum Gasteiger partial charge on any atom is 0.422 e. The monoisotopic (exact) mass is 870 g/mol. The molecule has 2 aromatic carbocycles. The number of sulfonamides is 1. The molecule has 0 spiro atoms. The number of nitrogens with zero attached hydrogens (tertiary/aromatic N) is 5. The highest BCUT2D eigenvalue weighted by Gasteiger charge is 2.66. The van der Waals surface area contributed by atoms with Gasteiger partial charge in [-0.2, -0.15) is 28.1 Å². The number of rotatable bonds is 17. The number of ether oxygens (including phenoxy) is 1. The van der Waals surface area contributed by atoms with Gasteiger partial charge < -0.3 is 30.6 Å². The fourth-order valence-electron chi connectivity index (χ4n) is 7.45. The number of aryl methyl sites for hydroxylation is 1. The Labute approximate surface area is 347 Å². The number of imidazole rings is 1. The van der Waals surface area contributed by atoms with Crippen molar-refractivity contribution in [2.75, 3.05) is 17.2 Å². The summed E-state index contributed by atoms with van der Waals surface area (Å²) in [7, 11) is -2.16. The van der Waals surface area contributed by atoms with Gasteiger partial charge in [0.2, 0.25) is 27.8 Å². The molecule has 2 aromatic heterocycles. The molecule has 21 heteroatoms. The van der Waals surface area contributed by atoms with Crippen molar-refractivity contribution < 1.29 is 40.7 Å². The highest BCUT2D eigenvalue weighted by molar-refractivity contribution is 7.90. The number of alkyl halides is 3. The Kier molecular flexibility index (Phi) is 10.9. The van der Waals surface area contributed by atoms with Crippen molar-refractivity contribution in [1.82, 2.24) is 39.9 Å². The van der Waals surface area contributed by atoms with Crippen LogP contribution in [-0.2, 0) is 38.6 Å². The Balaban J connectivity index is 0.973. The molecule has 60 heavy (non-hydrogen) atoms. The number of nitrogens with one attached hydrogen (secondary N) is 5. The van der Waals surface area contributed by atoms with Crippen molar-refractivity contribution in [1.29, 1.82) is 0 Å². The third-order valence-corrected chi connectivity index (χ3v) is 13.4. The number of hydrogen-bond donors (Lipinski definition) is 5. The average molecular weight is 871 g/mol. The molecule has 0 saturated heterocycles. The third-order valence-electron chi connectivity index (χ3n) is 11.4. The lowest BCUT2D eigenvalue weighted by molar-refractivity contribution is -0.154. The maximum atomic E-state index is 14.0. The van der Waals surface area contributed by atoms with Crippen LogP contribution >= 0.6 is 11.6 Å². The zero-order valence-corrected chi connectivity index (χ0v) is 33.8. The number of hydrogen-bond acceptors (Lipinski definition) is 12. The molecule has 4 aliphatic carbocycles. The Morgan fingerprint density at radius 3 is 2.28 bits per heavy atom. The lowest BCUT2D eigenvalue weighted by atomic mass is 10.0. The van der Waals surface area contributed by atoms with Crippen LogP contribution in [0.25, 0.3) is 0 Å². The fourth-order valence-corrected chi connectivity index (χ4v) is 9.14. The van der Waals surface area contributed by atoms with Gasteiger partial charge in [0.15, 0.2) is 6.61 Å². The highest BCUT2D eigenvalue weighted by atomic mass is 35.5. The zero-order chi connectivity index (χ0) is 42.5. The van der Waals surface area contributed by atoms with E-state index in [2.05, 4.69) is 45.9 Å². The molecule has 0 radical (unpaired) electrons. The number of anilines is 3. The highest BCUT2D eigenvalue weighted by Crippen LogP contribution is 2.57. The number of amides is 3. The first-order valence-corrected chi connectivity index (χ1v) is 21.4. The number of carbonyl (C=O) groups is 3. The van der Waals surface area contributed by atoms with Gasteiger partial charge in [0.05, 0.1) is 22.8 Å². The number of halogens is 4. The van der Waals surface area contributed by atoms with Crippen LogP contribution in [0.5, 0.6) is 6.01 Å². The Hall–Kier alpha value is -5.50. The second-order valence-electron chi connectivity index (χ2n) is 16.0. The van der Waals surface area contributed by atoms with Gasteiger partial charge in [0.1, 0.15) is 11.6 Å². The molecular formula is C39H42ClF3N10O6S. The molecule has 8 rings (SSSR count). The average Bonchev–Trinajstić information content (AvgIpc) is 4.08. The Bertz CT molecular complexity index is 2390. The fraction of sp³-hybridized carbons (Fsp3) is 0.462. The predicted octanol–water partition coefficient (Wildman–Crippen LogP) is 4.67. The van der Waals surface area contributed by atoms with Gasteiger partial charge in [0, 0.05) is 35.9 Å². The predicted molar refractivity (Wildman–Crippen MR) is 212 cm³/mol. The van der Waals surface area contributed by atoms with Gasteiger partial charge in [-0.3, -0.25) is 19.1 Å². The third kappa shape index (κ3) is 9.43. The van der Waals surface area contributed by atoms with Crippen LogP contribution in [-0.4, -0.2) is 80.3 Å². The summed E-state index contributed by atoms with van der Waals surface area (Å²) in [4.78, 5) is 58.1. The summed E-state index contributed by atoms with van der Waals surface area (Å²) in [5.74, 6) is -2.28. The zero-order valence-electron chi connectivity index (χ0n) is 32.3. The lowest BCUT2D eigenvalue weighted by Crippen LogP contribution is -2.58. The van der Waals surface area contributed by atoms with E-state index in [4.69, 9.17) is 16.3 Å². The first-order chi connectivity index (χ1) is 28.5. The van der Waals surface area contributed by atoms with Gasteiger partial charge in [-0.15, -0.1) is 0 Å². The summed E-state index contributed by atoms with van der Waals surface area (Å²) in [6, 6.07) is 11.3. The van der Waals surface area contributed by atoms with Crippen LogP contribution in [0.4, 0.5) is 30.8 Å². The minimum Gasteiger partial charge on any atom is -0.454 e. The second kappa shape index (κ2) is 15.8. The van der Waals surface area contributed by atoms with Crippen molar-refractivity contribution in [3.63, 3.8) is 0 Å². The molecule has 16 nitrogen and oxygen atoms in total. The summed E-state index contributed by atoms with van der Waals surface area (Å²) in [5, 5.41) is 11.6. The summed E-state index contributed by atoms with van der Waals surface area (Å²) in [6.07, 6.45) is 3.68. The van der Waals surface area contributed by atoms with E-state index in [1.54, 1.807) is 36.3 Å². The van der Waals surface area contributed by atoms with Crippen LogP contribution in [0.15, 0.2) is 61.1 Å². The van der Waals surface area contributed by atoms with Gasteiger partial charge in [0.25, 0.3) is 11.8 Å². The normalized spacial score (nSPS) is 21.2. The molecule has 0 aliphatic heterocycles. The van der Waals surface area contributed by atoms with Gasteiger partial charge in [-0.05, 0) is 98.7 Å². The lowest BCUT2D eigenvalue weighted by Gasteiger charge is -2.28. The van der Waals surface area contributed by atoms with E-state index in [-0.39, 0.29) is 42.1 Å². The number of benzene rings is 2. The van der Waals surface area contributed by atoms with Gasteiger partial charge in [-0.25, -0.2) is 13.4 Å². The van der Waals surface area contributed by atoms with Gasteiger partial charge >= 0.3 is 12.2 Å². The molecule has 3 amide bonds. The van der Waals surface area contributed by atoms with Crippen LogP contribution in [0.2, 0.25) is 5.02 Å². The SMILES string of the molecule is Cn1cnc(C[C@H](NC(=O)c2ccc(Nc3nc(NC4(c5ccc(Cl)cc5)CC4)nc(OCC(F)(F)F)n3)cc2)C(=O)N[C@]2(C(=O)NS(=O)(=O)C3CCC3)C[C@H]2C2CC2)c1. The number of aromatic nitrogens is 5. The molecule has 0 unspecified atom stereocenters.